The van der Waals surface area contributed by atoms with Crippen LogP contribution in [-0.4, -0.2) is 17.5 Å². The van der Waals surface area contributed by atoms with Crippen molar-refractivity contribution in [2.24, 2.45) is 0 Å². The summed E-state index contributed by atoms with van der Waals surface area (Å²) < 4.78 is 5.69. The first kappa shape index (κ1) is 19.4. The molecular weight excluding hydrogens is 348 g/mol. The van der Waals surface area contributed by atoms with Gasteiger partial charge < -0.3 is 10.1 Å². The highest BCUT2D eigenvalue weighted by atomic mass is 16.5. The molecule has 4 nitrogen and oxygen atoms in total. The zero-order chi connectivity index (χ0) is 19.6. The normalized spacial score (nSPS) is 10.8. The Morgan fingerprint density at radius 3 is 2.75 bits per heavy atom. The molecule has 0 bridgehead atoms. The Kier molecular flexibility index (Phi) is 6.96. The van der Waals surface area contributed by atoms with Gasteiger partial charge in [-0.15, -0.1) is 0 Å². The second kappa shape index (κ2) is 10.1. The third-order valence-corrected chi connectivity index (χ3v) is 4.11. The maximum Gasteiger partial charge on any atom is 0.224 e. The fraction of sp³-hybridized carbons (Fsp3) is 0.167. The van der Waals surface area contributed by atoms with Crippen molar-refractivity contribution in [1.29, 1.82) is 0 Å². The Balaban J connectivity index is 1.45. The summed E-state index contributed by atoms with van der Waals surface area (Å²) in [7, 11) is 0. The van der Waals surface area contributed by atoms with E-state index in [0.29, 0.717) is 19.4 Å². The van der Waals surface area contributed by atoms with Gasteiger partial charge in [-0.1, -0.05) is 36.4 Å². The third kappa shape index (κ3) is 6.40. The van der Waals surface area contributed by atoms with Gasteiger partial charge in [-0.05, 0) is 66.9 Å². The van der Waals surface area contributed by atoms with E-state index in [0.717, 1.165) is 28.3 Å². The van der Waals surface area contributed by atoms with Crippen LogP contribution in [0.2, 0.25) is 0 Å². The molecule has 142 valence electrons. The number of hydrogen-bond acceptors (Lipinski definition) is 3. The van der Waals surface area contributed by atoms with Gasteiger partial charge in [0.25, 0.3) is 0 Å². The van der Waals surface area contributed by atoms with Crippen LogP contribution in [0.3, 0.4) is 0 Å². The minimum Gasteiger partial charge on any atom is -0.494 e. The first-order valence-corrected chi connectivity index (χ1v) is 9.37. The SMILES string of the molecule is Cc1cccc(OCCCC(=O)Nc2cccc(/C=C/c3ccccn3)c2)c1. The highest BCUT2D eigenvalue weighted by Gasteiger charge is 2.03. The number of nitrogens with one attached hydrogen (secondary N) is 1. The fourth-order valence-electron chi connectivity index (χ4n) is 2.73. The van der Waals surface area contributed by atoms with Crippen molar-refractivity contribution in [3.63, 3.8) is 0 Å². The number of nitrogens with zero attached hydrogens (tertiary/aromatic N) is 1. The van der Waals surface area contributed by atoms with Crippen LogP contribution in [-0.2, 0) is 4.79 Å². The van der Waals surface area contributed by atoms with Gasteiger partial charge in [0.1, 0.15) is 5.75 Å². The predicted molar refractivity (Wildman–Crippen MR) is 114 cm³/mol. The molecule has 2 aromatic carbocycles. The highest BCUT2D eigenvalue weighted by molar-refractivity contribution is 5.91. The predicted octanol–water partition coefficient (Wildman–Crippen LogP) is 5.36. The first-order valence-electron chi connectivity index (χ1n) is 9.37. The number of amides is 1. The van der Waals surface area contributed by atoms with Crippen LogP contribution in [0.4, 0.5) is 5.69 Å². The van der Waals surface area contributed by atoms with Crippen molar-refractivity contribution in [3.8, 4) is 5.75 Å². The van der Waals surface area contributed by atoms with Gasteiger partial charge in [-0.2, -0.15) is 0 Å². The molecule has 0 unspecified atom stereocenters. The van der Waals surface area contributed by atoms with Crippen molar-refractivity contribution in [1.82, 2.24) is 4.98 Å². The molecule has 1 aromatic heterocycles. The summed E-state index contributed by atoms with van der Waals surface area (Å²) in [4.78, 5) is 16.4. The van der Waals surface area contributed by atoms with Crippen LogP contribution in [0.25, 0.3) is 12.2 Å². The van der Waals surface area contributed by atoms with E-state index < -0.39 is 0 Å². The lowest BCUT2D eigenvalue weighted by Crippen LogP contribution is -2.12. The summed E-state index contributed by atoms with van der Waals surface area (Å²) in [5.41, 5.74) is 3.84. The number of carbonyl (C=O) groups is 1. The van der Waals surface area contributed by atoms with Gasteiger partial charge in [0.05, 0.1) is 12.3 Å². The van der Waals surface area contributed by atoms with Crippen molar-refractivity contribution in [3.05, 3.63) is 89.7 Å². The lowest BCUT2D eigenvalue weighted by molar-refractivity contribution is -0.116. The number of hydrogen-bond donors (Lipinski definition) is 1. The third-order valence-electron chi connectivity index (χ3n) is 4.11. The number of pyridine rings is 1. The van der Waals surface area contributed by atoms with Crippen molar-refractivity contribution in [2.75, 3.05) is 11.9 Å². The molecule has 1 heterocycles. The maximum absolute atomic E-state index is 12.2. The standard InChI is InChI=1S/C24H24N2O2/c1-19-7-4-11-23(17-19)28-16-6-12-24(27)26-22-10-5-8-20(18-22)13-14-21-9-2-3-15-25-21/h2-5,7-11,13-15,17-18H,6,12,16H2,1H3,(H,26,27)/b14-13+. The van der Waals surface area contributed by atoms with E-state index in [1.807, 2.05) is 85.8 Å². The molecule has 0 atom stereocenters. The highest BCUT2D eigenvalue weighted by Crippen LogP contribution is 2.15. The molecular formula is C24H24N2O2. The molecule has 1 amide bonds. The van der Waals surface area contributed by atoms with Crippen molar-refractivity contribution >= 4 is 23.7 Å². The molecule has 0 aliphatic rings. The second-order valence-electron chi connectivity index (χ2n) is 6.53. The molecule has 1 N–H and O–H groups in total. The molecule has 0 radical (unpaired) electrons. The first-order chi connectivity index (χ1) is 13.7. The minimum atomic E-state index is -0.0151. The molecule has 0 spiro atoms. The average molecular weight is 372 g/mol. The van der Waals surface area contributed by atoms with Crippen molar-refractivity contribution < 1.29 is 9.53 Å². The zero-order valence-corrected chi connectivity index (χ0v) is 16.0. The molecule has 0 aliphatic carbocycles. The van der Waals surface area contributed by atoms with Gasteiger partial charge in [0.15, 0.2) is 0 Å². The van der Waals surface area contributed by atoms with Crippen LogP contribution < -0.4 is 10.1 Å². The van der Waals surface area contributed by atoms with Crippen LogP contribution in [0, 0.1) is 6.92 Å². The van der Waals surface area contributed by atoms with Gasteiger partial charge in [0.2, 0.25) is 5.91 Å². The van der Waals surface area contributed by atoms with Crippen LogP contribution in [0.15, 0.2) is 72.9 Å². The van der Waals surface area contributed by atoms with Crippen LogP contribution in [0.5, 0.6) is 5.75 Å². The Morgan fingerprint density at radius 1 is 1.04 bits per heavy atom. The number of benzene rings is 2. The lowest BCUT2D eigenvalue weighted by atomic mass is 10.1. The zero-order valence-electron chi connectivity index (χ0n) is 16.0. The van der Waals surface area contributed by atoms with E-state index in [-0.39, 0.29) is 5.91 Å². The van der Waals surface area contributed by atoms with Gasteiger partial charge >= 0.3 is 0 Å². The van der Waals surface area contributed by atoms with E-state index in [4.69, 9.17) is 4.74 Å². The summed E-state index contributed by atoms with van der Waals surface area (Å²) in [5.74, 6) is 0.825. The van der Waals surface area contributed by atoms with Crippen LogP contribution >= 0.6 is 0 Å². The van der Waals surface area contributed by atoms with Crippen molar-refractivity contribution in [2.45, 2.75) is 19.8 Å². The number of carbonyl (C=O) groups excluding carboxylic acids is 1. The number of ether oxygens (including phenoxy) is 1. The smallest absolute Gasteiger partial charge is 0.224 e. The van der Waals surface area contributed by atoms with E-state index in [1.165, 1.54) is 0 Å². The molecule has 0 fully saturated rings. The number of anilines is 1. The summed E-state index contributed by atoms with van der Waals surface area (Å²) in [5, 5.41) is 2.94. The average Bonchev–Trinajstić information content (AvgIpc) is 2.71. The molecule has 0 saturated heterocycles. The summed E-state index contributed by atoms with van der Waals surface area (Å²) in [6, 6.07) is 21.4. The Hall–Kier alpha value is -3.40. The number of aryl methyl sites for hydroxylation is 1. The fourth-order valence-corrected chi connectivity index (χ4v) is 2.73. The van der Waals surface area contributed by atoms with E-state index >= 15 is 0 Å². The molecule has 3 aromatic rings. The lowest BCUT2D eigenvalue weighted by Gasteiger charge is -2.08. The minimum absolute atomic E-state index is 0.0151. The molecule has 0 saturated carbocycles. The quantitative estimate of drug-likeness (QED) is 0.542. The Bertz CT molecular complexity index is 936. The molecule has 4 heteroatoms. The summed E-state index contributed by atoms with van der Waals surface area (Å²) in [6.45, 7) is 2.55. The largest absolute Gasteiger partial charge is 0.494 e. The van der Waals surface area contributed by atoms with E-state index in [9.17, 15) is 4.79 Å². The Labute approximate surface area is 165 Å². The summed E-state index contributed by atoms with van der Waals surface area (Å²) in [6.07, 6.45) is 6.77. The van der Waals surface area contributed by atoms with E-state index in [1.54, 1.807) is 6.20 Å². The van der Waals surface area contributed by atoms with Gasteiger partial charge in [-0.25, -0.2) is 0 Å². The summed E-state index contributed by atoms with van der Waals surface area (Å²) >= 11 is 0. The maximum atomic E-state index is 12.2. The number of aromatic nitrogens is 1. The van der Waals surface area contributed by atoms with Gasteiger partial charge in [-0.3, -0.25) is 9.78 Å². The molecule has 0 aliphatic heterocycles. The molecule has 28 heavy (non-hydrogen) atoms. The Morgan fingerprint density at radius 2 is 1.93 bits per heavy atom. The topological polar surface area (TPSA) is 51.2 Å². The molecule has 3 rings (SSSR count). The second-order valence-corrected chi connectivity index (χ2v) is 6.53. The monoisotopic (exact) mass is 372 g/mol. The van der Waals surface area contributed by atoms with Crippen LogP contribution in [0.1, 0.15) is 29.7 Å². The van der Waals surface area contributed by atoms with Gasteiger partial charge in [0, 0.05) is 18.3 Å². The number of rotatable bonds is 8. The van der Waals surface area contributed by atoms with E-state index in [2.05, 4.69) is 10.3 Å².